The van der Waals surface area contributed by atoms with E-state index < -0.39 is 0 Å². The number of carbonyl (C=O) groups excluding carboxylic acids is 1. The SMILES string of the molecule is CCC(=O)Nc1n[nH]c(=S)n1-c1ccccc1. The van der Waals surface area contributed by atoms with Gasteiger partial charge in [0, 0.05) is 6.42 Å². The van der Waals surface area contributed by atoms with Crippen LogP contribution in [0, 0.1) is 4.77 Å². The number of hydrogen-bond acceptors (Lipinski definition) is 3. The number of H-pyrrole nitrogens is 1. The summed E-state index contributed by atoms with van der Waals surface area (Å²) in [6, 6.07) is 9.50. The van der Waals surface area contributed by atoms with Crippen LogP contribution in [0.15, 0.2) is 30.3 Å². The molecule has 6 heteroatoms. The number of hydrogen-bond donors (Lipinski definition) is 2. The number of aromatic amines is 1. The third kappa shape index (κ3) is 2.42. The normalized spacial score (nSPS) is 10.2. The number of benzene rings is 1. The Balaban J connectivity index is 2.44. The van der Waals surface area contributed by atoms with Gasteiger partial charge in [-0.1, -0.05) is 25.1 Å². The molecule has 0 spiro atoms. The van der Waals surface area contributed by atoms with Gasteiger partial charge in [0.05, 0.1) is 5.69 Å². The van der Waals surface area contributed by atoms with Crippen LogP contribution < -0.4 is 5.32 Å². The van der Waals surface area contributed by atoms with Crippen LogP contribution >= 0.6 is 12.2 Å². The van der Waals surface area contributed by atoms with Crippen molar-refractivity contribution in [1.29, 1.82) is 0 Å². The van der Waals surface area contributed by atoms with E-state index >= 15 is 0 Å². The van der Waals surface area contributed by atoms with Gasteiger partial charge in [0.25, 0.3) is 0 Å². The first-order valence-electron chi connectivity index (χ1n) is 5.25. The predicted octanol–water partition coefficient (Wildman–Crippen LogP) is 2.28. The molecule has 0 atom stereocenters. The van der Waals surface area contributed by atoms with Gasteiger partial charge in [-0.05, 0) is 24.4 Å². The number of aromatic nitrogens is 3. The van der Waals surface area contributed by atoms with Crippen LogP contribution in [0.5, 0.6) is 0 Å². The van der Waals surface area contributed by atoms with Crippen molar-refractivity contribution in [1.82, 2.24) is 14.8 Å². The minimum atomic E-state index is -0.101. The fourth-order valence-electron chi connectivity index (χ4n) is 1.41. The van der Waals surface area contributed by atoms with Crippen molar-refractivity contribution >= 4 is 24.1 Å². The number of para-hydroxylation sites is 1. The van der Waals surface area contributed by atoms with E-state index in [1.807, 2.05) is 30.3 Å². The number of anilines is 1. The number of amides is 1. The summed E-state index contributed by atoms with van der Waals surface area (Å²) >= 11 is 5.14. The van der Waals surface area contributed by atoms with Gasteiger partial charge in [-0.15, -0.1) is 5.10 Å². The molecule has 1 heterocycles. The Bertz CT molecular complexity index is 573. The summed E-state index contributed by atoms with van der Waals surface area (Å²) in [6.07, 6.45) is 0.397. The van der Waals surface area contributed by atoms with Crippen molar-refractivity contribution in [3.63, 3.8) is 0 Å². The highest BCUT2D eigenvalue weighted by molar-refractivity contribution is 7.71. The van der Waals surface area contributed by atoms with E-state index in [4.69, 9.17) is 12.2 Å². The molecule has 1 aromatic heterocycles. The van der Waals surface area contributed by atoms with Crippen LogP contribution in [-0.4, -0.2) is 20.7 Å². The van der Waals surface area contributed by atoms with Gasteiger partial charge in [-0.2, -0.15) is 0 Å². The summed E-state index contributed by atoms with van der Waals surface area (Å²) in [5.74, 6) is 0.309. The molecule has 88 valence electrons. The molecule has 5 nitrogen and oxygen atoms in total. The van der Waals surface area contributed by atoms with E-state index in [0.29, 0.717) is 17.1 Å². The molecular formula is C11H12N4OS. The lowest BCUT2D eigenvalue weighted by Crippen LogP contribution is -2.13. The molecule has 2 rings (SSSR count). The standard InChI is InChI=1S/C11H12N4OS/c1-2-9(16)12-10-13-14-11(17)15(10)8-6-4-3-5-7-8/h3-7H,2H2,1H3,(H,14,17)(H,12,13,16). The smallest absolute Gasteiger partial charge is 0.234 e. The molecule has 0 radical (unpaired) electrons. The van der Waals surface area contributed by atoms with Crippen molar-refractivity contribution in [2.24, 2.45) is 0 Å². The maximum Gasteiger partial charge on any atom is 0.234 e. The second kappa shape index (κ2) is 4.92. The largest absolute Gasteiger partial charge is 0.294 e. The molecule has 0 fully saturated rings. The molecule has 0 aliphatic rings. The Morgan fingerprint density at radius 2 is 2.18 bits per heavy atom. The number of nitrogens with one attached hydrogen (secondary N) is 2. The van der Waals surface area contributed by atoms with Gasteiger partial charge in [0.15, 0.2) is 0 Å². The van der Waals surface area contributed by atoms with Crippen LogP contribution in [0.3, 0.4) is 0 Å². The molecule has 17 heavy (non-hydrogen) atoms. The summed E-state index contributed by atoms with van der Waals surface area (Å²) < 4.78 is 2.13. The van der Waals surface area contributed by atoms with Crippen molar-refractivity contribution in [2.75, 3.05) is 5.32 Å². The van der Waals surface area contributed by atoms with Gasteiger partial charge >= 0.3 is 0 Å². The second-order valence-electron chi connectivity index (χ2n) is 3.43. The van der Waals surface area contributed by atoms with Crippen molar-refractivity contribution in [3.8, 4) is 5.69 Å². The zero-order chi connectivity index (χ0) is 12.3. The predicted molar refractivity (Wildman–Crippen MR) is 67.7 cm³/mol. The summed E-state index contributed by atoms with van der Waals surface area (Å²) in [5, 5.41) is 9.35. The van der Waals surface area contributed by atoms with Crippen LogP contribution in [0.2, 0.25) is 0 Å². The zero-order valence-corrected chi connectivity index (χ0v) is 10.1. The fourth-order valence-corrected chi connectivity index (χ4v) is 1.65. The Hall–Kier alpha value is -1.95. The van der Waals surface area contributed by atoms with E-state index in [1.54, 1.807) is 11.5 Å². The first-order chi connectivity index (χ1) is 8.22. The average Bonchev–Trinajstić information content (AvgIpc) is 2.71. The zero-order valence-electron chi connectivity index (χ0n) is 9.30. The lowest BCUT2D eigenvalue weighted by molar-refractivity contribution is -0.115. The van der Waals surface area contributed by atoms with E-state index in [0.717, 1.165) is 5.69 Å². The monoisotopic (exact) mass is 248 g/mol. The highest BCUT2D eigenvalue weighted by atomic mass is 32.1. The molecule has 2 aromatic rings. The Labute approximate surface area is 103 Å². The minimum absolute atomic E-state index is 0.101. The lowest BCUT2D eigenvalue weighted by Gasteiger charge is -2.06. The lowest BCUT2D eigenvalue weighted by atomic mass is 10.3. The fraction of sp³-hybridized carbons (Fsp3) is 0.182. The van der Waals surface area contributed by atoms with Gasteiger partial charge in [-0.3, -0.25) is 14.7 Å². The van der Waals surface area contributed by atoms with Crippen LogP contribution in [0.1, 0.15) is 13.3 Å². The molecule has 2 N–H and O–H groups in total. The van der Waals surface area contributed by atoms with E-state index in [2.05, 4.69) is 15.5 Å². The molecule has 0 saturated heterocycles. The van der Waals surface area contributed by atoms with E-state index in [1.165, 1.54) is 0 Å². The second-order valence-corrected chi connectivity index (χ2v) is 3.81. The maximum absolute atomic E-state index is 11.4. The topological polar surface area (TPSA) is 62.7 Å². The molecule has 0 aliphatic carbocycles. The Kier molecular flexibility index (Phi) is 3.34. The van der Waals surface area contributed by atoms with Crippen molar-refractivity contribution in [2.45, 2.75) is 13.3 Å². The Morgan fingerprint density at radius 1 is 1.47 bits per heavy atom. The van der Waals surface area contributed by atoms with Gasteiger partial charge in [-0.25, -0.2) is 5.10 Å². The first-order valence-corrected chi connectivity index (χ1v) is 5.66. The first kappa shape index (κ1) is 11.5. The van der Waals surface area contributed by atoms with Crippen LogP contribution in [-0.2, 0) is 4.79 Å². The maximum atomic E-state index is 11.4. The molecule has 1 amide bonds. The number of nitrogens with zero attached hydrogens (tertiary/aromatic N) is 2. The molecule has 1 aromatic carbocycles. The van der Waals surface area contributed by atoms with Crippen LogP contribution in [0.25, 0.3) is 5.69 Å². The molecule has 0 unspecified atom stereocenters. The third-order valence-corrected chi connectivity index (χ3v) is 2.53. The summed E-state index contributed by atoms with van der Waals surface area (Å²) in [6.45, 7) is 1.78. The van der Waals surface area contributed by atoms with Crippen molar-refractivity contribution < 1.29 is 4.79 Å². The molecule has 0 aliphatic heterocycles. The highest BCUT2D eigenvalue weighted by Crippen LogP contribution is 2.14. The quantitative estimate of drug-likeness (QED) is 0.819. The molecule has 0 saturated carbocycles. The third-order valence-electron chi connectivity index (χ3n) is 2.26. The van der Waals surface area contributed by atoms with Crippen LogP contribution in [0.4, 0.5) is 5.95 Å². The average molecular weight is 248 g/mol. The van der Waals surface area contributed by atoms with Gasteiger partial charge in [0.1, 0.15) is 0 Å². The Morgan fingerprint density at radius 3 is 2.82 bits per heavy atom. The van der Waals surface area contributed by atoms with E-state index in [9.17, 15) is 4.79 Å². The van der Waals surface area contributed by atoms with Crippen molar-refractivity contribution in [3.05, 3.63) is 35.1 Å². The van der Waals surface area contributed by atoms with E-state index in [-0.39, 0.29) is 5.91 Å². The summed E-state index contributed by atoms with van der Waals surface area (Å²) in [5.41, 5.74) is 0.859. The molecule has 0 bridgehead atoms. The highest BCUT2D eigenvalue weighted by Gasteiger charge is 2.09. The molecular weight excluding hydrogens is 236 g/mol. The van der Waals surface area contributed by atoms with Gasteiger partial charge < -0.3 is 0 Å². The van der Waals surface area contributed by atoms with Gasteiger partial charge in [0.2, 0.25) is 16.6 Å². The summed E-state index contributed by atoms with van der Waals surface area (Å²) in [7, 11) is 0. The minimum Gasteiger partial charge on any atom is -0.294 e. The summed E-state index contributed by atoms with van der Waals surface area (Å²) in [4.78, 5) is 11.4. The number of rotatable bonds is 3. The number of carbonyl (C=O) groups is 1.